The van der Waals surface area contributed by atoms with Gasteiger partial charge in [0, 0.05) is 18.0 Å². The van der Waals surface area contributed by atoms with Gasteiger partial charge in [0.2, 0.25) is 0 Å². The highest BCUT2D eigenvalue weighted by atomic mass is 79.9. The molecule has 1 atom stereocenters. The summed E-state index contributed by atoms with van der Waals surface area (Å²) in [5, 5.41) is 13.1. The second-order valence-electron chi connectivity index (χ2n) is 8.00. The molecular formula is C22H20BrFN8O. The molecular weight excluding hydrogens is 491 g/mol. The maximum absolute atomic E-state index is 15.2. The molecule has 33 heavy (non-hydrogen) atoms. The standard InChI is InChI=1S/C22H20BrFN8O/c1-12-7-13-8-15(16(24)9-17(13)28-20(12)25)22(33)31(10-14-4-5-19(23)30-29-14)18-3-2-6-32-21(18)26-11-27-32/h4-5,7-9,11,18H,2-3,6,10H2,1H3,(H2,25,28)/t18-/m1/s1. The van der Waals surface area contributed by atoms with Crippen LogP contribution in [0.3, 0.4) is 0 Å². The van der Waals surface area contributed by atoms with Gasteiger partial charge < -0.3 is 10.6 Å². The number of hydrogen-bond acceptors (Lipinski definition) is 7. The van der Waals surface area contributed by atoms with E-state index in [1.54, 1.807) is 27.8 Å². The number of rotatable bonds is 4. The number of carbonyl (C=O) groups is 1. The van der Waals surface area contributed by atoms with E-state index in [1.165, 1.54) is 18.5 Å². The monoisotopic (exact) mass is 510 g/mol. The first-order chi connectivity index (χ1) is 15.9. The number of nitrogens with two attached hydrogens (primary N) is 1. The maximum Gasteiger partial charge on any atom is 0.257 e. The van der Waals surface area contributed by atoms with Crippen molar-refractivity contribution in [2.75, 3.05) is 5.73 Å². The number of halogens is 2. The second kappa shape index (κ2) is 8.47. The quantitative estimate of drug-likeness (QED) is 0.445. The van der Waals surface area contributed by atoms with Gasteiger partial charge in [-0.2, -0.15) is 10.2 Å². The highest BCUT2D eigenvalue weighted by Gasteiger charge is 2.33. The minimum Gasteiger partial charge on any atom is -0.383 e. The van der Waals surface area contributed by atoms with Crippen molar-refractivity contribution in [1.29, 1.82) is 0 Å². The summed E-state index contributed by atoms with van der Waals surface area (Å²) in [6, 6.07) is 7.73. The van der Waals surface area contributed by atoms with E-state index in [9.17, 15) is 4.79 Å². The van der Waals surface area contributed by atoms with E-state index in [-0.39, 0.29) is 18.2 Å². The lowest BCUT2D eigenvalue weighted by atomic mass is 10.0. The van der Waals surface area contributed by atoms with Gasteiger partial charge in [0.25, 0.3) is 5.91 Å². The van der Waals surface area contributed by atoms with Crippen molar-refractivity contribution in [3.8, 4) is 0 Å². The van der Waals surface area contributed by atoms with Crippen LogP contribution in [-0.2, 0) is 13.1 Å². The summed E-state index contributed by atoms with van der Waals surface area (Å²) in [6.45, 7) is 2.69. The highest BCUT2D eigenvalue weighted by molar-refractivity contribution is 9.10. The molecule has 0 bridgehead atoms. The molecule has 1 amide bonds. The zero-order valence-electron chi connectivity index (χ0n) is 17.7. The third kappa shape index (κ3) is 4.04. The Morgan fingerprint density at radius 1 is 1.30 bits per heavy atom. The Bertz CT molecular complexity index is 1360. The van der Waals surface area contributed by atoms with Gasteiger partial charge in [-0.15, -0.1) is 5.10 Å². The van der Waals surface area contributed by atoms with Crippen molar-refractivity contribution in [3.05, 3.63) is 69.7 Å². The molecule has 2 N–H and O–H groups in total. The molecule has 0 aliphatic carbocycles. The molecule has 0 saturated carbocycles. The largest absolute Gasteiger partial charge is 0.383 e. The average Bonchev–Trinajstić information content (AvgIpc) is 3.28. The number of hydrogen-bond donors (Lipinski definition) is 1. The molecule has 4 aromatic rings. The van der Waals surface area contributed by atoms with Gasteiger partial charge >= 0.3 is 0 Å². The summed E-state index contributed by atoms with van der Waals surface area (Å²) in [6.07, 6.45) is 2.98. The Labute approximate surface area is 197 Å². The first-order valence-corrected chi connectivity index (χ1v) is 11.2. The Morgan fingerprint density at radius 3 is 2.94 bits per heavy atom. The SMILES string of the molecule is Cc1cc2cc(C(=O)N(Cc3ccc(Br)nn3)[C@@H]3CCCn4ncnc43)c(F)cc2nc1N. The molecule has 5 rings (SSSR count). The molecule has 0 unspecified atom stereocenters. The van der Waals surface area contributed by atoms with E-state index in [4.69, 9.17) is 5.73 Å². The van der Waals surface area contributed by atoms with E-state index in [1.807, 2.05) is 6.92 Å². The van der Waals surface area contributed by atoms with Gasteiger partial charge in [-0.25, -0.2) is 19.0 Å². The molecule has 11 heteroatoms. The Morgan fingerprint density at radius 2 is 2.15 bits per heavy atom. The highest BCUT2D eigenvalue weighted by Crippen LogP contribution is 2.32. The van der Waals surface area contributed by atoms with Gasteiger partial charge in [-0.05, 0) is 65.5 Å². The molecule has 1 aliphatic rings. The normalized spacial score (nSPS) is 15.4. The van der Waals surface area contributed by atoms with Crippen LogP contribution in [0.25, 0.3) is 10.9 Å². The maximum atomic E-state index is 15.2. The number of pyridine rings is 1. The Hall–Kier alpha value is -3.47. The second-order valence-corrected chi connectivity index (χ2v) is 8.81. The van der Waals surface area contributed by atoms with Crippen LogP contribution in [-0.4, -0.2) is 40.8 Å². The van der Waals surface area contributed by atoms with Crippen molar-refractivity contribution in [2.24, 2.45) is 0 Å². The molecule has 0 spiro atoms. The minimum atomic E-state index is -0.660. The first-order valence-electron chi connectivity index (χ1n) is 10.4. The molecule has 0 radical (unpaired) electrons. The molecule has 168 valence electrons. The van der Waals surface area contributed by atoms with Crippen LogP contribution in [0.2, 0.25) is 0 Å². The predicted octanol–water partition coefficient (Wildman–Crippen LogP) is 3.59. The third-order valence-electron chi connectivity index (χ3n) is 5.81. The van der Waals surface area contributed by atoms with Gasteiger partial charge in [-0.1, -0.05) is 0 Å². The molecule has 0 saturated heterocycles. The number of anilines is 1. The van der Waals surface area contributed by atoms with E-state index in [0.717, 1.165) is 18.5 Å². The molecule has 0 fully saturated rings. The van der Waals surface area contributed by atoms with Crippen LogP contribution in [0.15, 0.2) is 41.3 Å². The third-order valence-corrected chi connectivity index (χ3v) is 6.23. The molecule has 3 aromatic heterocycles. The number of fused-ring (bicyclic) bond motifs is 2. The van der Waals surface area contributed by atoms with Crippen LogP contribution < -0.4 is 5.73 Å². The first kappa shape index (κ1) is 21.4. The fourth-order valence-corrected chi connectivity index (χ4v) is 4.34. The molecule has 1 aromatic carbocycles. The zero-order chi connectivity index (χ0) is 23.1. The lowest BCUT2D eigenvalue weighted by molar-refractivity contribution is 0.0603. The minimum absolute atomic E-state index is 0.0461. The number of amides is 1. The van der Waals surface area contributed by atoms with Crippen LogP contribution >= 0.6 is 15.9 Å². The smallest absolute Gasteiger partial charge is 0.257 e. The number of carbonyl (C=O) groups excluding carboxylic acids is 1. The van der Waals surface area contributed by atoms with Gasteiger partial charge in [0.15, 0.2) is 0 Å². The van der Waals surface area contributed by atoms with E-state index < -0.39 is 11.7 Å². The van der Waals surface area contributed by atoms with Crippen molar-refractivity contribution >= 4 is 38.6 Å². The summed E-state index contributed by atoms with van der Waals surface area (Å²) in [7, 11) is 0. The molecule has 1 aliphatic heterocycles. The summed E-state index contributed by atoms with van der Waals surface area (Å²) >= 11 is 3.27. The Kier molecular flexibility index (Phi) is 5.49. The molecule has 9 nitrogen and oxygen atoms in total. The van der Waals surface area contributed by atoms with E-state index in [2.05, 4.69) is 41.2 Å². The number of nitrogens with zero attached hydrogens (tertiary/aromatic N) is 7. The van der Waals surface area contributed by atoms with Crippen molar-refractivity contribution in [2.45, 2.75) is 38.9 Å². The van der Waals surface area contributed by atoms with Crippen molar-refractivity contribution in [1.82, 2.24) is 34.8 Å². The fraction of sp³-hybridized carbons (Fsp3) is 0.273. The topological polar surface area (TPSA) is 116 Å². The summed E-state index contributed by atoms with van der Waals surface area (Å²) in [4.78, 5) is 24.0. The molecule has 4 heterocycles. The van der Waals surface area contributed by atoms with Crippen molar-refractivity contribution in [3.63, 3.8) is 0 Å². The van der Waals surface area contributed by atoms with E-state index >= 15 is 4.39 Å². The number of aromatic nitrogens is 6. The lowest BCUT2D eigenvalue weighted by Crippen LogP contribution is -2.38. The van der Waals surface area contributed by atoms with Crippen LogP contribution in [0, 0.1) is 12.7 Å². The van der Waals surface area contributed by atoms with Gasteiger partial charge in [0.05, 0.1) is 29.4 Å². The summed E-state index contributed by atoms with van der Waals surface area (Å²) in [5.41, 5.74) is 7.56. The summed E-state index contributed by atoms with van der Waals surface area (Å²) in [5.74, 6) is -0.119. The van der Waals surface area contributed by atoms with Crippen LogP contribution in [0.5, 0.6) is 0 Å². The number of nitrogen functional groups attached to an aromatic ring is 1. The zero-order valence-corrected chi connectivity index (χ0v) is 19.3. The van der Waals surface area contributed by atoms with Crippen molar-refractivity contribution < 1.29 is 9.18 Å². The summed E-state index contributed by atoms with van der Waals surface area (Å²) < 4.78 is 17.5. The van der Waals surface area contributed by atoms with Gasteiger partial charge in [0.1, 0.15) is 28.4 Å². The number of benzene rings is 1. The Balaban J connectivity index is 1.59. The van der Waals surface area contributed by atoms with Crippen LogP contribution in [0.1, 0.15) is 46.3 Å². The van der Waals surface area contributed by atoms with Gasteiger partial charge in [-0.3, -0.25) is 4.79 Å². The average molecular weight is 511 g/mol. The lowest BCUT2D eigenvalue weighted by Gasteiger charge is -2.33. The number of aryl methyl sites for hydroxylation is 2. The predicted molar refractivity (Wildman–Crippen MR) is 122 cm³/mol. The fourth-order valence-electron chi connectivity index (χ4n) is 4.12. The van der Waals surface area contributed by atoms with E-state index in [0.29, 0.717) is 39.3 Å². The van der Waals surface area contributed by atoms with Crippen LogP contribution in [0.4, 0.5) is 10.2 Å².